The van der Waals surface area contributed by atoms with Crippen LogP contribution in [0.3, 0.4) is 0 Å². The summed E-state index contributed by atoms with van der Waals surface area (Å²) in [5, 5.41) is 4.19. The molecule has 0 aliphatic heterocycles. The van der Waals surface area contributed by atoms with E-state index in [1.54, 1.807) is 17.5 Å². The summed E-state index contributed by atoms with van der Waals surface area (Å²) >= 11 is 1.65. The van der Waals surface area contributed by atoms with Gasteiger partial charge in [-0.15, -0.1) is 11.3 Å². The zero-order chi connectivity index (χ0) is 18.7. The molecule has 0 saturated heterocycles. The van der Waals surface area contributed by atoms with Crippen molar-refractivity contribution in [2.75, 3.05) is 5.32 Å². The molecular weight excluding hydrogens is 342 g/mol. The van der Waals surface area contributed by atoms with E-state index in [0.717, 1.165) is 22.1 Å². The molecule has 1 aromatic carbocycles. The van der Waals surface area contributed by atoms with Crippen LogP contribution in [0.15, 0.2) is 48.8 Å². The van der Waals surface area contributed by atoms with Crippen molar-refractivity contribution in [1.29, 1.82) is 0 Å². The zero-order valence-corrected chi connectivity index (χ0v) is 16.7. The largest absolute Gasteiger partial charge is 0.437 e. The Balaban J connectivity index is 1.89. The fourth-order valence-electron chi connectivity index (χ4n) is 2.57. The lowest BCUT2D eigenvalue weighted by atomic mass is 9.86. The smallest absolute Gasteiger partial charge is 0.243 e. The third-order valence-electron chi connectivity index (χ3n) is 4.01. The van der Waals surface area contributed by atoms with Crippen LogP contribution in [0.5, 0.6) is 11.6 Å². The van der Waals surface area contributed by atoms with Crippen molar-refractivity contribution in [1.82, 2.24) is 9.97 Å². The summed E-state index contributed by atoms with van der Waals surface area (Å²) in [6, 6.07) is 11.9. The molecule has 3 rings (SSSR count). The van der Waals surface area contributed by atoms with E-state index in [4.69, 9.17) is 4.74 Å². The predicted octanol–water partition coefficient (Wildman–Crippen LogP) is 6.49. The highest BCUT2D eigenvalue weighted by Crippen LogP contribution is 2.37. The molecule has 5 heteroatoms. The molecule has 0 radical (unpaired) electrons. The van der Waals surface area contributed by atoms with Crippen molar-refractivity contribution in [2.45, 2.75) is 46.0 Å². The minimum atomic E-state index is -0.0135. The Hall–Kier alpha value is -2.40. The van der Waals surface area contributed by atoms with Gasteiger partial charge in [-0.3, -0.25) is 0 Å². The molecule has 0 unspecified atom stereocenters. The molecule has 1 N–H and O–H groups in total. The maximum absolute atomic E-state index is 6.20. The van der Waals surface area contributed by atoms with Gasteiger partial charge >= 0.3 is 0 Å². The Morgan fingerprint density at radius 3 is 2.50 bits per heavy atom. The molecule has 3 aromatic rings. The van der Waals surface area contributed by atoms with Gasteiger partial charge in [-0.1, -0.05) is 52.8 Å². The van der Waals surface area contributed by atoms with E-state index in [-0.39, 0.29) is 5.41 Å². The molecule has 136 valence electrons. The van der Waals surface area contributed by atoms with Gasteiger partial charge in [-0.25, -0.2) is 9.97 Å². The first-order valence-electron chi connectivity index (χ1n) is 8.79. The van der Waals surface area contributed by atoms with Gasteiger partial charge in [0.05, 0.1) is 0 Å². The zero-order valence-electron chi connectivity index (χ0n) is 15.9. The molecule has 4 nitrogen and oxygen atoms in total. The van der Waals surface area contributed by atoms with Crippen LogP contribution in [-0.4, -0.2) is 9.97 Å². The average molecular weight is 368 g/mol. The lowest BCUT2D eigenvalue weighted by molar-refractivity contribution is 0.442. The first-order valence-corrected chi connectivity index (χ1v) is 9.61. The van der Waals surface area contributed by atoms with Gasteiger partial charge in [-0.2, -0.15) is 0 Å². The van der Waals surface area contributed by atoms with E-state index in [0.29, 0.717) is 11.8 Å². The van der Waals surface area contributed by atoms with Crippen LogP contribution in [0.25, 0.3) is 0 Å². The van der Waals surface area contributed by atoms with Crippen molar-refractivity contribution >= 4 is 22.2 Å². The number of nitrogens with one attached hydrogen (secondary N) is 1. The van der Waals surface area contributed by atoms with Crippen LogP contribution in [0.4, 0.5) is 10.8 Å². The molecule has 0 atom stereocenters. The van der Waals surface area contributed by atoms with E-state index >= 15 is 0 Å². The normalized spacial score (nSPS) is 11.6. The fraction of sp³-hybridized carbons (Fsp3) is 0.333. The summed E-state index contributed by atoms with van der Waals surface area (Å²) in [5.41, 5.74) is 1.94. The van der Waals surface area contributed by atoms with Crippen molar-refractivity contribution in [3.8, 4) is 11.6 Å². The van der Waals surface area contributed by atoms with Gasteiger partial charge in [0.1, 0.15) is 11.4 Å². The molecule has 0 amide bonds. The number of pyridine rings is 1. The fourth-order valence-corrected chi connectivity index (χ4v) is 3.40. The van der Waals surface area contributed by atoms with E-state index in [1.165, 1.54) is 4.88 Å². The molecule has 2 aromatic heterocycles. The topological polar surface area (TPSA) is 47.0 Å². The van der Waals surface area contributed by atoms with Gasteiger partial charge in [-0.05, 0) is 29.5 Å². The molecule has 0 aliphatic rings. The highest BCUT2D eigenvalue weighted by atomic mass is 32.1. The van der Waals surface area contributed by atoms with E-state index < -0.39 is 0 Å². The summed E-state index contributed by atoms with van der Waals surface area (Å²) in [5.74, 6) is 1.83. The minimum Gasteiger partial charge on any atom is -0.437 e. The number of ether oxygens (including phenoxy) is 1. The Morgan fingerprint density at radius 1 is 1.04 bits per heavy atom. The van der Waals surface area contributed by atoms with Gasteiger partial charge in [0.2, 0.25) is 5.88 Å². The number of hydrogen-bond donors (Lipinski definition) is 1. The highest BCUT2D eigenvalue weighted by Gasteiger charge is 2.20. The van der Waals surface area contributed by atoms with Crippen molar-refractivity contribution in [3.63, 3.8) is 0 Å². The number of para-hydroxylation sites is 1. The summed E-state index contributed by atoms with van der Waals surface area (Å²) in [4.78, 5) is 10.1. The molecular formula is C21H25N3OS. The molecule has 0 spiro atoms. The standard InChI is InChI=1S/C21H25N3OS/c1-14(2)18-13-23-20(26-18)24-16-10-8-12-22-19(16)25-17-11-7-6-9-15(17)21(3,4)5/h6-14H,1-5H3,(H,23,24). The minimum absolute atomic E-state index is 0.0135. The number of hydrogen-bond acceptors (Lipinski definition) is 5. The van der Waals surface area contributed by atoms with Crippen molar-refractivity contribution in [3.05, 3.63) is 59.2 Å². The maximum atomic E-state index is 6.20. The van der Waals surface area contributed by atoms with E-state index in [2.05, 4.69) is 56.0 Å². The SMILES string of the molecule is CC(C)c1cnc(Nc2cccnc2Oc2ccccc2C(C)(C)C)s1. The summed E-state index contributed by atoms with van der Waals surface area (Å²) in [6.45, 7) is 10.9. The third-order valence-corrected chi connectivity index (χ3v) is 5.22. The highest BCUT2D eigenvalue weighted by molar-refractivity contribution is 7.15. The van der Waals surface area contributed by atoms with Gasteiger partial charge in [0.15, 0.2) is 5.13 Å². The van der Waals surface area contributed by atoms with Gasteiger partial charge in [0.25, 0.3) is 0 Å². The van der Waals surface area contributed by atoms with Crippen LogP contribution < -0.4 is 10.1 Å². The van der Waals surface area contributed by atoms with Crippen molar-refractivity contribution in [2.24, 2.45) is 0 Å². The van der Waals surface area contributed by atoms with Gasteiger partial charge in [0, 0.05) is 22.8 Å². The molecule has 2 heterocycles. The summed E-state index contributed by atoms with van der Waals surface area (Å²) in [6.07, 6.45) is 3.66. The first kappa shape index (κ1) is 18.4. The summed E-state index contributed by atoms with van der Waals surface area (Å²) < 4.78 is 6.20. The predicted molar refractivity (Wildman–Crippen MR) is 109 cm³/mol. The number of aromatic nitrogens is 2. The number of anilines is 2. The number of nitrogens with zero attached hydrogens (tertiary/aromatic N) is 2. The summed E-state index contributed by atoms with van der Waals surface area (Å²) in [7, 11) is 0. The second-order valence-corrected chi connectivity index (χ2v) is 8.61. The van der Waals surface area contributed by atoms with Crippen LogP contribution in [0, 0.1) is 0 Å². The number of benzene rings is 1. The number of thiazole rings is 1. The molecule has 0 fully saturated rings. The molecule has 26 heavy (non-hydrogen) atoms. The second-order valence-electron chi connectivity index (χ2n) is 7.55. The maximum Gasteiger partial charge on any atom is 0.243 e. The quantitative estimate of drug-likeness (QED) is 0.559. The molecule has 0 bridgehead atoms. The van der Waals surface area contributed by atoms with Crippen LogP contribution in [0.2, 0.25) is 0 Å². The van der Waals surface area contributed by atoms with Crippen molar-refractivity contribution < 1.29 is 4.74 Å². The van der Waals surface area contributed by atoms with Crippen LogP contribution >= 0.6 is 11.3 Å². The number of rotatable bonds is 5. The van der Waals surface area contributed by atoms with E-state index in [1.807, 2.05) is 36.5 Å². The monoisotopic (exact) mass is 367 g/mol. The lowest BCUT2D eigenvalue weighted by Crippen LogP contribution is -2.12. The Morgan fingerprint density at radius 2 is 1.81 bits per heavy atom. The van der Waals surface area contributed by atoms with Gasteiger partial charge < -0.3 is 10.1 Å². The van der Waals surface area contributed by atoms with Crippen LogP contribution in [-0.2, 0) is 5.41 Å². The third kappa shape index (κ3) is 4.22. The Bertz CT molecular complexity index is 881. The first-order chi connectivity index (χ1) is 12.3. The van der Waals surface area contributed by atoms with E-state index in [9.17, 15) is 0 Å². The Labute approximate surface area is 159 Å². The Kier molecular flexibility index (Phi) is 5.28. The average Bonchev–Trinajstić information content (AvgIpc) is 3.05. The molecule has 0 aliphatic carbocycles. The van der Waals surface area contributed by atoms with Crippen LogP contribution in [0.1, 0.15) is 51.0 Å². The lowest BCUT2D eigenvalue weighted by Gasteiger charge is -2.22. The molecule has 0 saturated carbocycles. The second kappa shape index (κ2) is 7.46.